The van der Waals surface area contributed by atoms with Crippen molar-refractivity contribution >= 4 is 22.3 Å². The van der Waals surface area contributed by atoms with Gasteiger partial charge in [-0.1, -0.05) is 27.7 Å². The van der Waals surface area contributed by atoms with Crippen LogP contribution in [0.1, 0.15) is 98.9 Å². The van der Waals surface area contributed by atoms with Crippen LogP contribution in [0.2, 0.25) is 0 Å². The molecule has 0 amide bonds. The Balaban J connectivity index is 1.43. The molecule has 0 saturated heterocycles. The van der Waals surface area contributed by atoms with Crippen molar-refractivity contribution in [3.05, 3.63) is 166 Å². The van der Waals surface area contributed by atoms with Gasteiger partial charge in [0.1, 0.15) is 0 Å². The van der Waals surface area contributed by atoms with Crippen molar-refractivity contribution in [1.82, 2.24) is 58.1 Å². The molecule has 0 aliphatic carbocycles. The highest BCUT2D eigenvalue weighted by Crippen LogP contribution is 2.28. The van der Waals surface area contributed by atoms with E-state index in [1.807, 2.05) is 50.1 Å². The van der Waals surface area contributed by atoms with Crippen molar-refractivity contribution in [3.63, 3.8) is 0 Å². The Morgan fingerprint density at radius 1 is 0.357 bits per heavy atom. The molecule has 1 aliphatic rings. The fourth-order valence-corrected chi connectivity index (χ4v) is 8.22. The van der Waals surface area contributed by atoms with Gasteiger partial charge in [0.15, 0.2) is 0 Å². The summed E-state index contributed by atoms with van der Waals surface area (Å²) in [6, 6.07) is 17.5. The maximum absolute atomic E-state index is 4.65. The van der Waals surface area contributed by atoms with Crippen molar-refractivity contribution in [2.24, 2.45) is 0 Å². The number of hydrogen-bond donors (Lipinski definition) is 4. The lowest BCUT2D eigenvalue weighted by molar-refractivity contribution is 0.670. The van der Waals surface area contributed by atoms with Crippen LogP contribution in [-0.4, -0.2) is 58.1 Å². The van der Waals surface area contributed by atoms with Crippen molar-refractivity contribution < 1.29 is 0 Å². The van der Waals surface area contributed by atoms with Crippen molar-refractivity contribution in [1.29, 1.82) is 0 Å². The molecule has 9 rings (SSSR count). The zero-order valence-corrected chi connectivity index (χ0v) is 32.5. The van der Waals surface area contributed by atoms with Gasteiger partial charge in [-0.3, -0.25) is 0 Å². The molecule has 0 saturated carbocycles. The van der Waals surface area contributed by atoms with E-state index in [1.165, 1.54) is 0 Å². The highest BCUT2D eigenvalue weighted by Gasteiger charge is 2.22. The van der Waals surface area contributed by atoms with Crippen LogP contribution in [0.25, 0.3) is 22.3 Å². The maximum atomic E-state index is 4.65. The summed E-state index contributed by atoms with van der Waals surface area (Å²) in [7, 11) is 0. The Morgan fingerprint density at radius 2 is 0.607 bits per heavy atom. The molecule has 284 valence electrons. The zero-order valence-electron chi connectivity index (χ0n) is 32.5. The van der Waals surface area contributed by atoms with E-state index in [2.05, 4.69) is 134 Å². The summed E-state index contributed by atoms with van der Waals surface area (Å²) in [6.45, 7) is 12.2. The summed E-state index contributed by atoms with van der Waals surface area (Å²) in [4.78, 5) is 34.2. The fraction of sp³-hybridized carbons (Fsp3) is 0.273. The summed E-state index contributed by atoms with van der Waals surface area (Å²) in [5, 5.41) is 3.94. The molecular formula is C44H48N12. The minimum absolute atomic E-state index is 0.855. The summed E-state index contributed by atoms with van der Waals surface area (Å²) >= 11 is 0. The molecule has 56 heavy (non-hydrogen) atoms. The third-order valence-corrected chi connectivity index (χ3v) is 10.6. The van der Waals surface area contributed by atoms with Gasteiger partial charge in [0.25, 0.3) is 0 Å². The SMILES string of the molecule is CCCn1cncc1C1=c2ccc([nH]2)=C(c2cncn2CCC)c2ccc([nH]2)C(c2cncn2CCC)=c2ccc([nH]2)=C(c2cncn2CCC)c2ccc1[nH]2. The Kier molecular flexibility index (Phi) is 9.38. The average Bonchev–Trinajstić information content (AvgIpc) is 4.04. The molecule has 0 radical (unpaired) electrons. The van der Waals surface area contributed by atoms with Gasteiger partial charge in [0.05, 0.1) is 117 Å². The number of aromatic amines is 4. The molecule has 9 heterocycles. The first-order valence-corrected chi connectivity index (χ1v) is 19.9. The molecule has 12 nitrogen and oxygen atoms in total. The summed E-state index contributed by atoms with van der Waals surface area (Å²) in [6.07, 6.45) is 19.6. The molecule has 0 spiro atoms. The Labute approximate surface area is 324 Å². The normalized spacial score (nSPS) is 13.1. The second-order valence-electron chi connectivity index (χ2n) is 14.5. The van der Waals surface area contributed by atoms with Crippen LogP contribution in [0, 0.1) is 0 Å². The minimum Gasteiger partial charge on any atom is -0.354 e. The van der Waals surface area contributed by atoms with E-state index in [-0.39, 0.29) is 0 Å². The van der Waals surface area contributed by atoms with Crippen LogP contribution in [0.5, 0.6) is 0 Å². The number of nitrogens with one attached hydrogen (secondary N) is 4. The number of H-pyrrole nitrogens is 4. The largest absolute Gasteiger partial charge is 0.354 e. The highest BCUT2D eigenvalue weighted by atomic mass is 15.1. The van der Waals surface area contributed by atoms with Gasteiger partial charge in [-0.25, -0.2) is 19.9 Å². The number of aromatic nitrogens is 12. The Morgan fingerprint density at radius 3 is 0.839 bits per heavy atom. The first-order chi connectivity index (χ1) is 27.6. The van der Waals surface area contributed by atoms with Crippen molar-refractivity contribution in [2.75, 3.05) is 0 Å². The number of hydrogen-bond acceptors (Lipinski definition) is 4. The van der Waals surface area contributed by atoms with Crippen molar-refractivity contribution in [2.45, 2.75) is 79.6 Å². The third kappa shape index (κ3) is 6.11. The number of aryl methyl sites for hydroxylation is 4. The van der Waals surface area contributed by atoms with E-state index in [0.717, 1.165) is 141 Å². The van der Waals surface area contributed by atoms with Gasteiger partial charge < -0.3 is 38.2 Å². The van der Waals surface area contributed by atoms with Crippen LogP contribution >= 0.6 is 0 Å². The van der Waals surface area contributed by atoms with Gasteiger partial charge >= 0.3 is 0 Å². The first-order valence-electron chi connectivity index (χ1n) is 19.9. The second-order valence-corrected chi connectivity index (χ2v) is 14.5. The first kappa shape index (κ1) is 35.2. The van der Waals surface area contributed by atoms with E-state index >= 15 is 0 Å². The number of nitrogens with zero attached hydrogens (tertiary/aromatic N) is 8. The molecule has 8 aromatic heterocycles. The van der Waals surface area contributed by atoms with Crippen LogP contribution in [0.4, 0.5) is 0 Å². The molecule has 8 aromatic rings. The standard InChI is InChI=1S/C44H48N12/c1-5-17-53-25-45-21-37(53)41-29-9-11-31(49-29)42(38-22-46-26-54(38)18-6-2)33-13-15-35(51-33)44(40-24-48-28-56(40)20-8-4)36-16-14-34(52-36)43(32-12-10-30(41)50-32)39-23-47-27-55(39)19-7-3/h9-16,21-28,49-52H,5-8,17-20H2,1-4H3. The molecule has 12 heteroatoms. The lowest BCUT2D eigenvalue weighted by atomic mass is 10.1. The number of rotatable bonds is 12. The van der Waals surface area contributed by atoms with Crippen LogP contribution in [0.15, 0.2) is 98.6 Å². The zero-order chi connectivity index (χ0) is 38.2. The van der Waals surface area contributed by atoms with Crippen molar-refractivity contribution in [3.8, 4) is 0 Å². The van der Waals surface area contributed by atoms with Gasteiger partial charge in [0.2, 0.25) is 0 Å². The third-order valence-electron chi connectivity index (χ3n) is 10.6. The molecule has 8 bridgehead atoms. The minimum atomic E-state index is 0.855. The molecule has 0 fully saturated rings. The lowest BCUT2D eigenvalue weighted by Crippen LogP contribution is -2.21. The molecule has 0 unspecified atom stereocenters. The van der Waals surface area contributed by atoms with Gasteiger partial charge in [0, 0.05) is 48.5 Å². The molecule has 0 atom stereocenters. The predicted octanol–water partition coefficient (Wildman–Crippen LogP) is 4.73. The highest BCUT2D eigenvalue weighted by molar-refractivity contribution is 5.83. The molecule has 4 N–H and O–H groups in total. The topological polar surface area (TPSA) is 134 Å². The lowest BCUT2D eigenvalue weighted by Gasteiger charge is -2.12. The number of imidazole rings is 4. The van der Waals surface area contributed by atoms with Gasteiger partial charge in [-0.15, -0.1) is 0 Å². The summed E-state index contributed by atoms with van der Waals surface area (Å²) < 4.78 is 8.97. The monoisotopic (exact) mass is 744 g/mol. The fourth-order valence-electron chi connectivity index (χ4n) is 8.22. The quantitative estimate of drug-likeness (QED) is 0.144. The number of fused-ring (bicyclic) bond motifs is 8. The average molecular weight is 745 g/mol. The van der Waals surface area contributed by atoms with Gasteiger partial charge in [-0.05, 0) is 74.2 Å². The molecule has 1 aliphatic heterocycles. The van der Waals surface area contributed by atoms with E-state index < -0.39 is 0 Å². The van der Waals surface area contributed by atoms with Gasteiger partial charge in [-0.2, -0.15) is 0 Å². The molecular weight excluding hydrogens is 697 g/mol. The van der Waals surface area contributed by atoms with Crippen LogP contribution < -0.4 is 21.4 Å². The second kappa shape index (κ2) is 14.9. The molecule has 0 aromatic carbocycles. The Bertz CT molecular complexity index is 2500. The van der Waals surface area contributed by atoms with E-state index in [1.54, 1.807) is 0 Å². The smallest absolute Gasteiger partial charge is 0.0950 e. The summed E-state index contributed by atoms with van der Waals surface area (Å²) in [5.41, 5.74) is 12.3. The summed E-state index contributed by atoms with van der Waals surface area (Å²) in [5.74, 6) is 0. The van der Waals surface area contributed by atoms with E-state index in [4.69, 9.17) is 0 Å². The van der Waals surface area contributed by atoms with Crippen LogP contribution in [0.3, 0.4) is 0 Å². The Hall–Kier alpha value is -6.56. The predicted molar refractivity (Wildman–Crippen MR) is 218 cm³/mol. The van der Waals surface area contributed by atoms with E-state index in [9.17, 15) is 0 Å². The van der Waals surface area contributed by atoms with E-state index in [0.29, 0.717) is 0 Å². The maximum Gasteiger partial charge on any atom is 0.0950 e. The van der Waals surface area contributed by atoms with Crippen LogP contribution in [-0.2, 0) is 26.2 Å².